The largest absolute Gasteiger partial charge is 0.354 e. The van der Waals surface area contributed by atoms with Crippen molar-refractivity contribution in [2.45, 2.75) is 65.3 Å². The van der Waals surface area contributed by atoms with Crippen LogP contribution in [-0.2, 0) is 9.59 Å². The van der Waals surface area contributed by atoms with Crippen LogP contribution in [0.2, 0.25) is 0 Å². The van der Waals surface area contributed by atoms with Crippen LogP contribution in [0.5, 0.6) is 0 Å². The lowest BCUT2D eigenvalue weighted by atomic mass is 9.93. The molecule has 3 unspecified atom stereocenters. The van der Waals surface area contributed by atoms with E-state index in [9.17, 15) is 9.59 Å². The van der Waals surface area contributed by atoms with E-state index in [0.29, 0.717) is 30.7 Å². The monoisotopic (exact) mass is 373 g/mol. The van der Waals surface area contributed by atoms with Gasteiger partial charge in [0.2, 0.25) is 11.8 Å². The molecule has 0 aromatic heterocycles. The number of piperidine rings is 1. The molecule has 0 aromatic rings. The molecule has 0 saturated carbocycles. The van der Waals surface area contributed by atoms with E-state index in [2.05, 4.69) is 31.4 Å². The van der Waals surface area contributed by atoms with E-state index in [1.54, 1.807) is 0 Å². The van der Waals surface area contributed by atoms with Gasteiger partial charge in [0.05, 0.1) is 6.04 Å². The molecule has 0 bridgehead atoms. The van der Waals surface area contributed by atoms with Crippen molar-refractivity contribution in [1.29, 1.82) is 0 Å². The third-order valence-corrected chi connectivity index (χ3v) is 5.21. The van der Waals surface area contributed by atoms with Gasteiger partial charge in [-0.2, -0.15) is 0 Å². The molecule has 0 aromatic carbocycles. The number of hydrogen-bond acceptors (Lipinski definition) is 3. The molecule has 2 aliphatic rings. The fourth-order valence-corrected chi connectivity index (χ4v) is 4.05. The Balaban J connectivity index is 0.00000312. The average Bonchev–Trinajstić information content (AvgIpc) is 3.06. The van der Waals surface area contributed by atoms with Gasteiger partial charge in [-0.25, -0.2) is 0 Å². The molecule has 2 amide bonds. The molecule has 2 heterocycles. The topological polar surface area (TPSA) is 61.4 Å². The molecule has 0 spiro atoms. The van der Waals surface area contributed by atoms with Gasteiger partial charge in [-0.15, -0.1) is 12.4 Å². The van der Waals surface area contributed by atoms with Crippen LogP contribution in [0, 0.1) is 17.8 Å². The Bertz CT molecular complexity index is 425. The molecular weight excluding hydrogens is 338 g/mol. The predicted octanol–water partition coefficient (Wildman–Crippen LogP) is 2.59. The summed E-state index contributed by atoms with van der Waals surface area (Å²) in [5, 5.41) is 6.31. The minimum Gasteiger partial charge on any atom is -0.354 e. The highest BCUT2D eigenvalue weighted by atomic mass is 35.5. The van der Waals surface area contributed by atoms with Crippen LogP contribution < -0.4 is 10.6 Å². The number of carbonyl (C=O) groups excluding carboxylic acids is 2. The highest BCUT2D eigenvalue weighted by molar-refractivity contribution is 5.85. The van der Waals surface area contributed by atoms with Gasteiger partial charge < -0.3 is 15.5 Å². The first-order valence-corrected chi connectivity index (χ1v) is 9.74. The minimum atomic E-state index is -0.0109. The number of amides is 2. The molecule has 5 nitrogen and oxygen atoms in total. The predicted molar refractivity (Wildman–Crippen MR) is 104 cm³/mol. The Hall–Kier alpha value is -0.810. The second-order valence-corrected chi connectivity index (χ2v) is 8.18. The van der Waals surface area contributed by atoms with E-state index in [0.717, 1.165) is 51.7 Å². The highest BCUT2D eigenvalue weighted by Crippen LogP contribution is 2.20. The summed E-state index contributed by atoms with van der Waals surface area (Å²) in [6.07, 6.45) is 5.93. The van der Waals surface area contributed by atoms with E-state index < -0.39 is 0 Å². The Morgan fingerprint density at radius 1 is 1.20 bits per heavy atom. The lowest BCUT2D eigenvalue weighted by Crippen LogP contribution is -2.46. The van der Waals surface area contributed by atoms with Crippen LogP contribution in [0.4, 0.5) is 0 Å². The molecular formula is C19H36ClN3O2. The summed E-state index contributed by atoms with van der Waals surface area (Å²) < 4.78 is 0. The second-order valence-electron chi connectivity index (χ2n) is 8.18. The number of halogens is 1. The molecule has 6 heteroatoms. The Morgan fingerprint density at radius 3 is 2.60 bits per heavy atom. The zero-order valence-electron chi connectivity index (χ0n) is 16.1. The quantitative estimate of drug-likeness (QED) is 0.721. The second kappa shape index (κ2) is 11.0. The van der Waals surface area contributed by atoms with Crippen LogP contribution >= 0.6 is 12.4 Å². The highest BCUT2D eigenvalue weighted by Gasteiger charge is 2.27. The van der Waals surface area contributed by atoms with Gasteiger partial charge in [0.15, 0.2) is 0 Å². The molecule has 2 aliphatic heterocycles. The van der Waals surface area contributed by atoms with Gasteiger partial charge in [0.1, 0.15) is 0 Å². The fraction of sp³-hybridized carbons (Fsp3) is 0.895. The molecule has 3 atom stereocenters. The first-order valence-electron chi connectivity index (χ1n) is 9.74. The molecule has 0 radical (unpaired) electrons. The zero-order chi connectivity index (χ0) is 17.5. The van der Waals surface area contributed by atoms with Crippen LogP contribution in [0.25, 0.3) is 0 Å². The zero-order valence-corrected chi connectivity index (χ0v) is 16.9. The number of hydrogen-bond donors (Lipinski definition) is 2. The van der Waals surface area contributed by atoms with E-state index in [1.165, 1.54) is 0 Å². The molecule has 25 heavy (non-hydrogen) atoms. The van der Waals surface area contributed by atoms with Crippen LogP contribution in [0.15, 0.2) is 0 Å². The maximum atomic E-state index is 12.5. The van der Waals surface area contributed by atoms with Crippen LogP contribution in [0.1, 0.15) is 59.3 Å². The number of rotatable bonds is 7. The van der Waals surface area contributed by atoms with Crippen molar-refractivity contribution in [3.05, 3.63) is 0 Å². The standard InChI is InChI=1S/C19H35N3O2.ClH/c1-14(2)10-15(3)11-18(23)22-9-5-6-16(13-22)12-21-19(24)17-7-4-8-20-17;/h14-17,20H,4-13H2,1-3H3,(H,21,24);1H. The lowest BCUT2D eigenvalue weighted by Gasteiger charge is -2.34. The van der Waals surface area contributed by atoms with Crippen molar-refractivity contribution in [2.24, 2.45) is 17.8 Å². The molecule has 146 valence electrons. The summed E-state index contributed by atoms with van der Waals surface area (Å²) in [5.74, 6) is 1.90. The summed E-state index contributed by atoms with van der Waals surface area (Å²) in [6.45, 7) is 9.90. The van der Waals surface area contributed by atoms with Crippen LogP contribution in [0.3, 0.4) is 0 Å². The van der Waals surface area contributed by atoms with Gasteiger partial charge in [0, 0.05) is 26.1 Å². The molecule has 2 N–H and O–H groups in total. The van der Waals surface area contributed by atoms with E-state index in [4.69, 9.17) is 0 Å². The number of likely N-dealkylation sites (tertiary alicyclic amines) is 1. The van der Waals surface area contributed by atoms with Crippen molar-refractivity contribution in [1.82, 2.24) is 15.5 Å². The van der Waals surface area contributed by atoms with E-state index in [1.807, 2.05) is 4.90 Å². The van der Waals surface area contributed by atoms with Gasteiger partial charge in [-0.3, -0.25) is 9.59 Å². The van der Waals surface area contributed by atoms with Crippen molar-refractivity contribution in [3.8, 4) is 0 Å². The normalized spacial score (nSPS) is 24.7. The van der Waals surface area contributed by atoms with Gasteiger partial charge in [-0.1, -0.05) is 20.8 Å². The third kappa shape index (κ3) is 7.53. The molecule has 2 rings (SSSR count). The number of nitrogens with zero attached hydrogens (tertiary/aromatic N) is 1. The Morgan fingerprint density at radius 2 is 1.96 bits per heavy atom. The fourth-order valence-electron chi connectivity index (χ4n) is 4.05. The van der Waals surface area contributed by atoms with Crippen LogP contribution in [-0.4, -0.2) is 48.9 Å². The maximum absolute atomic E-state index is 12.5. The summed E-state index contributed by atoms with van der Waals surface area (Å²) >= 11 is 0. The smallest absolute Gasteiger partial charge is 0.237 e. The first kappa shape index (κ1) is 22.2. The summed E-state index contributed by atoms with van der Waals surface area (Å²) in [4.78, 5) is 26.6. The first-order chi connectivity index (χ1) is 11.5. The van der Waals surface area contributed by atoms with Gasteiger partial charge in [0.25, 0.3) is 0 Å². The maximum Gasteiger partial charge on any atom is 0.237 e. The van der Waals surface area contributed by atoms with E-state index in [-0.39, 0.29) is 30.3 Å². The molecule has 2 saturated heterocycles. The van der Waals surface area contributed by atoms with Crippen molar-refractivity contribution in [2.75, 3.05) is 26.2 Å². The van der Waals surface area contributed by atoms with Crippen molar-refractivity contribution >= 4 is 24.2 Å². The minimum absolute atomic E-state index is 0. The average molecular weight is 374 g/mol. The van der Waals surface area contributed by atoms with Crippen molar-refractivity contribution < 1.29 is 9.59 Å². The molecule has 2 fully saturated rings. The molecule has 0 aliphatic carbocycles. The summed E-state index contributed by atoms with van der Waals surface area (Å²) in [6, 6.07) is -0.0109. The van der Waals surface area contributed by atoms with E-state index >= 15 is 0 Å². The Kier molecular flexibility index (Phi) is 9.80. The van der Waals surface area contributed by atoms with Gasteiger partial charge in [-0.05, 0) is 56.4 Å². The van der Waals surface area contributed by atoms with Crippen molar-refractivity contribution in [3.63, 3.8) is 0 Å². The summed E-state index contributed by atoms with van der Waals surface area (Å²) in [7, 11) is 0. The lowest BCUT2D eigenvalue weighted by molar-refractivity contribution is -0.134. The SMILES string of the molecule is CC(C)CC(C)CC(=O)N1CCCC(CNC(=O)C2CCCN2)C1.Cl. The summed E-state index contributed by atoms with van der Waals surface area (Å²) in [5.41, 5.74) is 0. The van der Waals surface area contributed by atoms with Gasteiger partial charge >= 0.3 is 0 Å². The third-order valence-electron chi connectivity index (χ3n) is 5.21. The number of nitrogens with one attached hydrogen (secondary N) is 2. The Labute approximate surface area is 159 Å². The number of carbonyl (C=O) groups is 2.